The topological polar surface area (TPSA) is 82.0 Å². The van der Waals surface area contributed by atoms with Crippen LogP contribution in [-0.2, 0) is 0 Å². The zero-order valence-corrected chi connectivity index (χ0v) is 13.0. The molecule has 3 rings (SSSR count). The van der Waals surface area contributed by atoms with Gasteiger partial charge in [-0.3, -0.25) is 9.36 Å². The molecule has 1 aromatic carbocycles. The molecule has 3 aromatic rings. The molecular weight excluding hydrogens is 296 g/mol. The fraction of sp³-hybridized carbons (Fsp3) is 0.188. The number of pyridine rings is 1. The maximum Gasteiger partial charge on any atom is 0.248 e. The van der Waals surface area contributed by atoms with E-state index in [1.807, 2.05) is 25.1 Å². The van der Waals surface area contributed by atoms with E-state index >= 15 is 0 Å². The van der Waals surface area contributed by atoms with Crippen LogP contribution in [0.25, 0.3) is 17.2 Å². The molecule has 0 aliphatic rings. The van der Waals surface area contributed by atoms with Crippen molar-refractivity contribution in [1.29, 1.82) is 0 Å². The summed E-state index contributed by atoms with van der Waals surface area (Å²) in [7, 11) is 3.17. The Morgan fingerprint density at radius 3 is 2.26 bits per heavy atom. The van der Waals surface area contributed by atoms with Crippen LogP contribution in [-0.4, -0.2) is 34.0 Å². The highest BCUT2D eigenvalue weighted by atomic mass is 16.5. The minimum Gasteiger partial charge on any atom is -0.494 e. The number of nitrogens with zero attached hydrogens (tertiary/aromatic N) is 3. The van der Waals surface area contributed by atoms with E-state index in [2.05, 4.69) is 15.2 Å². The van der Waals surface area contributed by atoms with Crippen molar-refractivity contribution in [1.82, 2.24) is 19.7 Å². The molecule has 0 saturated heterocycles. The summed E-state index contributed by atoms with van der Waals surface area (Å²) in [5, 5.41) is 8.32. The number of ether oxygens (including phenoxy) is 2. The van der Waals surface area contributed by atoms with E-state index in [1.165, 1.54) is 6.07 Å². The molecule has 2 heterocycles. The summed E-state index contributed by atoms with van der Waals surface area (Å²) in [6, 6.07) is 10.4. The Kier molecular flexibility index (Phi) is 3.84. The van der Waals surface area contributed by atoms with Gasteiger partial charge < -0.3 is 14.5 Å². The van der Waals surface area contributed by atoms with Crippen LogP contribution in [0, 0.1) is 6.92 Å². The lowest BCUT2D eigenvalue weighted by Crippen LogP contribution is -2.09. The molecule has 118 valence electrons. The Bertz CT molecular complexity index is 876. The summed E-state index contributed by atoms with van der Waals surface area (Å²) in [6.07, 6.45) is 0. The molecule has 0 bridgehead atoms. The van der Waals surface area contributed by atoms with Crippen molar-refractivity contribution in [2.24, 2.45) is 0 Å². The van der Waals surface area contributed by atoms with E-state index in [9.17, 15) is 4.79 Å². The quantitative estimate of drug-likeness (QED) is 0.796. The SMILES string of the molecule is COc1cccc(OC)c1-n1c(C)nnc1-c1cccc(=O)[nH]1. The smallest absolute Gasteiger partial charge is 0.248 e. The molecule has 0 spiro atoms. The number of rotatable bonds is 4. The van der Waals surface area contributed by atoms with Crippen molar-refractivity contribution in [3.8, 4) is 28.7 Å². The van der Waals surface area contributed by atoms with Crippen LogP contribution >= 0.6 is 0 Å². The first-order chi connectivity index (χ1) is 11.2. The molecule has 0 unspecified atom stereocenters. The lowest BCUT2D eigenvalue weighted by molar-refractivity contribution is 0.391. The van der Waals surface area contributed by atoms with E-state index in [0.29, 0.717) is 34.5 Å². The molecule has 0 radical (unpaired) electrons. The van der Waals surface area contributed by atoms with Gasteiger partial charge >= 0.3 is 0 Å². The predicted octanol–water partition coefficient (Wildman–Crippen LogP) is 1.95. The Balaban J connectivity index is 2.31. The molecule has 0 fully saturated rings. The van der Waals surface area contributed by atoms with E-state index < -0.39 is 0 Å². The van der Waals surface area contributed by atoms with Gasteiger partial charge in [-0.25, -0.2) is 0 Å². The van der Waals surface area contributed by atoms with Crippen molar-refractivity contribution in [3.63, 3.8) is 0 Å². The highest BCUT2D eigenvalue weighted by Crippen LogP contribution is 2.35. The molecule has 1 N–H and O–H groups in total. The van der Waals surface area contributed by atoms with E-state index in [1.54, 1.807) is 30.9 Å². The monoisotopic (exact) mass is 312 g/mol. The van der Waals surface area contributed by atoms with E-state index in [0.717, 1.165) is 0 Å². The maximum absolute atomic E-state index is 11.6. The van der Waals surface area contributed by atoms with Gasteiger partial charge in [0.05, 0.1) is 19.9 Å². The Morgan fingerprint density at radius 1 is 1.00 bits per heavy atom. The van der Waals surface area contributed by atoms with Gasteiger partial charge in [-0.1, -0.05) is 12.1 Å². The van der Waals surface area contributed by atoms with Gasteiger partial charge in [-0.15, -0.1) is 10.2 Å². The normalized spacial score (nSPS) is 10.6. The number of para-hydroxylation sites is 1. The fourth-order valence-electron chi connectivity index (χ4n) is 2.43. The number of hydrogen-bond donors (Lipinski definition) is 1. The molecular formula is C16H16N4O3. The number of benzene rings is 1. The highest BCUT2D eigenvalue weighted by Gasteiger charge is 2.20. The molecule has 7 heteroatoms. The lowest BCUT2D eigenvalue weighted by atomic mass is 10.2. The summed E-state index contributed by atoms with van der Waals surface area (Å²) < 4.78 is 12.7. The van der Waals surface area contributed by atoms with Gasteiger partial charge in [-0.2, -0.15) is 0 Å². The molecule has 0 saturated carbocycles. The minimum absolute atomic E-state index is 0.207. The predicted molar refractivity (Wildman–Crippen MR) is 85.3 cm³/mol. The van der Waals surface area contributed by atoms with Gasteiger partial charge in [0.25, 0.3) is 0 Å². The van der Waals surface area contributed by atoms with Gasteiger partial charge in [-0.05, 0) is 25.1 Å². The minimum atomic E-state index is -0.207. The Morgan fingerprint density at radius 2 is 1.65 bits per heavy atom. The standard InChI is InChI=1S/C16H16N4O3/c1-10-18-19-16(11-6-4-9-14(21)17-11)20(10)15-12(22-2)7-5-8-13(15)23-3/h4-9H,1-3H3,(H,17,21). The fourth-order valence-corrected chi connectivity index (χ4v) is 2.43. The van der Waals surface area contributed by atoms with Crippen LogP contribution in [0.4, 0.5) is 0 Å². The van der Waals surface area contributed by atoms with E-state index in [-0.39, 0.29) is 5.56 Å². The van der Waals surface area contributed by atoms with Gasteiger partial charge in [0.15, 0.2) is 5.82 Å². The summed E-state index contributed by atoms with van der Waals surface area (Å²) in [4.78, 5) is 14.4. The molecule has 0 aliphatic carbocycles. The number of nitrogens with one attached hydrogen (secondary N) is 1. The molecule has 7 nitrogen and oxygen atoms in total. The van der Waals surface area contributed by atoms with Crippen LogP contribution in [0.3, 0.4) is 0 Å². The van der Waals surface area contributed by atoms with Crippen molar-refractivity contribution < 1.29 is 9.47 Å². The zero-order chi connectivity index (χ0) is 16.4. The van der Waals surface area contributed by atoms with Crippen molar-refractivity contribution in [2.45, 2.75) is 6.92 Å². The Labute approximate surface area is 132 Å². The first-order valence-electron chi connectivity index (χ1n) is 6.98. The number of methoxy groups -OCH3 is 2. The van der Waals surface area contributed by atoms with Crippen molar-refractivity contribution >= 4 is 0 Å². The first kappa shape index (κ1) is 14.8. The molecule has 0 atom stereocenters. The van der Waals surface area contributed by atoms with Crippen molar-refractivity contribution in [2.75, 3.05) is 14.2 Å². The second kappa shape index (κ2) is 5.96. The molecule has 23 heavy (non-hydrogen) atoms. The van der Waals surface area contributed by atoms with Crippen LogP contribution in [0.15, 0.2) is 41.2 Å². The number of aromatic amines is 1. The van der Waals surface area contributed by atoms with Crippen LogP contribution < -0.4 is 15.0 Å². The molecule has 0 aliphatic heterocycles. The van der Waals surface area contributed by atoms with Gasteiger partial charge in [0.2, 0.25) is 5.56 Å². The summed E-state index contributed by atoms with van der Waals surface area (Å²) in [6.45, 7) is 1.82. The number of H-pyrrole nitrogens is 1. The third-order valence-electron chi connectivity index (χ3n) is 3.46. The van der Waals surface area contributed by atoms with E-state index in [4.69, 9.17) is 9.47 Å². The number of aryl methyl sites for hydroxylation is 1. The average Bonchev–Trinajstić information content (AvgIpc) is 2.95. The summed E-state index contributed by atoms with van der Waals surface area (Å²) >= 11 is 0. The second-order valence-electron chi connectivity index (χ2n) is 4.85. The highest BCUT2D eigenvalue weighted by molar-refractivity contribution is 5.63. The largest absolute Gasteiger partial charge is 0.494 e. The van der Waals surface area contributed by atoms with Crippen molar-refractivity contribution in [3.05, 3.63) is 52.6 Å². The second-order valence-corrected chi connectivity index (χ2v) is 4.85. The summed E-state index contributed by atoms with van der Waals surface area (Å²) in [5.74, 6) is 2.38. The first-order valence-corrected chi connectivity index (χ1v) is 6.98. The van der Waals surface area contributed by atoms with Gasteiger partial charge in [0.1, 0.15) is 23.0 Å². The zero-order valence-electron chi connectivity index (χ0n) is 13.0. The van der Waals surface area contributed by atoms with Crippen LogP contribution in [0.2, 0.25) is 0 Å². The van der Waals surface area contributed by atoms with Crippen LogP contribution in [0.1, 0.15) is 5.82 Å². The average molecular weight is 312 g/mol. The van der Waals surface area contributed by atoms with Gasteiger partial charge in [0, 0.05) is 6.07 Å². The molecule has 0 amide bonds. The lowest BCUT2D eigenvalue weighted by Gasteiger charge is -2.16. The molecule has 2 aromatic heterocycles. The third kappa shape index (κ3) is 2.57. The van der Waals surface area contributed by atoms with Crippen LogP contribution in [0.5, 0.6) is 11.5 Å². The number of hydrogen-bond acceptors (Lipinski definition) is 5. The third-order valence-corrected chi connectivity index (χ3v) is 3.46. The number of aromatic nitrogens is 4. The Hall–Kier alpha value is -3.09. The summed E-state index contributed by atoms with van der Waals surface area (Å²) in [5.41, 5.74) is 1.03. The maximum atomic E-state index is 11.6.